The van der Waals surface area contributed by atoms with Gasteiger partial charge in [0, 0.05) is 0 Å². The van der Waals surface area contributed by atoms with Gasteiger partial charge < -0.3 is 5.11 Å². The maximum absolute atomic E-state index is 12.0. The second-order valence-electron chi connectivity index (χ2n) is 4.14. The van der Waals surface area contributed by atoms with Crippen LogP contribution < -0.4 is 0 Å². The molecule has 1 nitrogen and oxygen atoms in total. The summed E-state index contributed by atoms with van der Waals surface area (Å²) in [5.74, 6) is -0.140. The number of rotatable bonds is 2. The van der Waals surface area contributed by atoms with E-state index in [1.165, 1.54) is 0 Å². The molecule has 4 heteroatoms. The van der Waals surface area contributed by atoms with E-state index in [0.717, 1.165) is 38.5 Å². The molecule has 14 heavy (non-hydrogen) atoms. The lowest BCUT2D eigenvalue weighted by Crippen LogP contribution is -2.26. The molecule has 0 saturated heterocycles. The van der Waals surface area contributed by atoms with Crippen LogP contribution in [-0.4, -0.2) is 17.4 Å². The van der Waals surface area contributed by atoms with Gasteiger partial charge in [-0.25, -0.2) is 0 Å². The Balaban J connectivity index is 2.37. The Bertz CT molecular complexity index is 159. The zero-order valence-electron chi connectivity index (χ0n) is 8.19. The summed E-state index contributed by atoms with van der Waals surface area (Å²) < 4.78 is 36.0. The monoisotopic (exact) mass is 210 g/mol. The lowest BCUT2D eigenvalue weighted by atomic mass is 9.92. The van der Waals surface area contributed by atoms with Gasteiger partial charge in [0.05, 0.1) is 12.5 Å². The van der Waals surface area contributed by atoms with Gasteiger partial charge in [-0.2, -0.15) is 13.2 Å². The second kappa shape index (κ2) is 5.01. The molecule has 1 unspecified atom stereocenters. The largest absolute Gasteiger partial charge is 0.392 e. The van der Waals surface area contributed by atoms with Crippen molar-refractivity contribution in [2.75, 3.05) is 0 Å². The third-order valence-corrected chi connectivity index (χ3v) is 2.88. The maximum Gasteiger partial charge on any atom is 0.391 e. The van der Waals surface area contributed by atoms with Crippen molar-refractivity contribution in [3.8, 4) is 0 Å². The fourth-order valence-corrected chi connectivity index (χ4v) is 2.10. The van der Waals surface area contributed by atoms with Gasteiger partial charge in [-0.15, -0.1) is 0 Å². The molecule has 0 aromatic heterocycles. The van der Waals surface area contributed by atoms with Crippen molar-refractivity contribution in [3.63, 3.8) is 0 Å². The summed E-state index contributed by atoms with van der Waals surface area (Å²) >= 11 is 0. The van der Waals surface area contributed by atoms with E-state index in [2.05, 4.69) is 0 Å². The number of hydrogen-bond acceptors (Lipinski definition) is 1. The first kappa shape index (κ1) is 11.8. The van der Waals surface area contributed by atoms with E-state index in [1.54, 1.807) is 0 Å². The van der Waals surface area contributed by atoms with Crippen molar-refractivity contribution in [1.29, 1.82) is 0 Å². The minimum absolute atomic E-state index is 0.140. The van der Waals surface area contributed by atoms with Crippen LogP contribution in [0.25, 0.3) is 0 Å². The van der Waals surface area contributed by atoms with Crippen LogP contribution in [0.15, 0.2) is 0 Å². The number of halogens is 3. The first-order valence-corrected chi connectivity index (χ1v) is 5.24. The number of aliphatic hydroxyl groups is 1. The van der Waals surface area contributed by atoms with Crippen molar-refractivity contribution in [2.24, 2.45) is 5.92 Å². The van der Waals surface area contributed by atoms with Crippen LogP contribution in [0.5, 0.6) is 0 Å². The Hall–Kier alpha value is -0.250. The fraction of sp³-hybridized carbons (Fsp3) is 1.00. The summed E-state index contributed by atoms with van der Waals surface area (Å²) in [5, 5.41) is 9.41. The quantitative estimate of drug-likeness (QED) is 0.693. The van der Waals surface area contributed by atoms with E-state index in [0.29, 0.717) is 0 Å². The highest BCUT2D eigenvalue weighted by Gasteiger charge is 2.34. The molecule has 1 aliphatic rings. The lowest BCUT2D eigenvalue weighted by molar-refractivity contribution is -0.159. The molecule has 1 rings (SSSR count). The highest BCUT2D eigenvalue weighted by atomic mass is 19.4. The minimum Gasteiger partial charge on any atom is -0.392 e. The van der Waals surface area contributed by atoms with Gasteiger partial charge in [0.2, 0.25) is 0 Å². The molecule has 1 saturated carbocycles. The summed E-state index contributed by atoms with van der Waals surface area (Å²) in [6.45, 7) is 0. The van der Waals surface area contributed by atoms with Gasteiger partial charge >= 0.3 is 6.18 Å². The Morgan fingerprint density at radius 2 is 1.57 bits per heavy atom. The Morgan fingerprint density at radius 3 is 2.00 bits per heavy atom. The van der Waals surface area contributed by atoms with Crippen LogP contribution in [0.4, 0.5) is 13.2 Å². The Kier molecular flexibility index (Phi) is 4.23. The molecule has 1 N–H and O–H groups in total. The summed E-state index contributed by atoms with van der Waals surface area (Å²) in [4.78, 5) is 0. The van der Waals surface area contributed by atoms with Gasteiger partial charge in [-0.05, 0) is 18.8 Å². The van der Waals surface area contributed by atoms with Crippen LogP contribution >= 0.6 is 0 Å². The van der Waals surface area contributed by atoms with Crippen LogP contribution in [0.1, 0.15) is 44.9 Å². The molecule has 0 aliphatic heterocycles. The highest BCUT2D eigenvalue weighted by Crippen LogP contribution is 2.31. The van der Waals surface area contributed by atoms with Crippen LogP contribution in [0, 0.1) is 5.92 Å². The smallest absolute Gasteiger partial charge is 0.391 e. The zero-order chi connectivity index (χ0) is 10.6. The minimum atomic E-state index is -4.23. The van der Waals surface area contributed by atoms with Crippen molar-refractivity contribution >= 4 is 0 Å². The molecule has 0 radical (unpaired) electrons. The zero-order valence-corrected chi connectivity index (χ0v) is 8.19. The molecular formula is C10H17F3O. The Labute approximate surface area is 82.3 Å². The summed E-state index contributed by atoms with van der Waals surface area (Å²) in [6.07, 6.45) is -0.866. The molecule has 1 atom stereocenters. The molecule has 0 aromatic carbocycles. The number of alkyl halides is 3. The normalized spacial score (nSPS) is 23.1. The van der Waals surface area contributed by atoms with Crippen LogP contribution in [0.2, 0.25) is 0 Å². The summed E-state index contributed by atoms with van der Waals surface area (Å²) in [6, 6.07) is 0. The van der Waals surface area contributed by atoms with Crippen molar-refractivity contribution < 1.29 is 18.3 Å². The van der Waals surface area contributed by atoms with Crippen molar-refractivity contribution in [3.05, 3.63) is 0 Å². The average Bonchev–Trinajstić information content (AvgIpc) is 2.27. The topological polar surface area (TPSA) is 20.2 Å². The van der Waals surface area contributed by atoms with Crippen molar-refractivity contribution in [2.45, 2.75) is 57.2 Å². The van der Waals surface area contributed by atoms with E-state index in [1.807, 2.05) is 0 Å². The SMILES string of the molecule is OC(CC(F)(F)F)C1CCCCCC1. The van der Waals surface area contributed by atoms with E-state index in [4.69, 9.17) is 0 Å². The summed E-state index contributed by atoms with van der Waals surface area (Å²) in [7, 11) is 0. The summed E-state index contributed by atoms with van der Waals surface area (Å²) in [5.41, 5.74) is 0. The van der Waals surface area contributed by atoms with Crippen LogP contribution in [-0.2, 0) is 0 Å². The number of aliphatic hydroxyl groups excluding tert-OH is 1. The predicted molar refractivity (Wildman–Crippen MR) is 47.9 cm³/mol. The Morgan fingerprint density at radius 1 is 1.07 bits per heavy atom. The van der Waals surface area contributed by atoms with Gasteiger partial charge in [-0.3, -0.25) is 0 Å². The standard InChI is InChI=1S/C10H17F3O/c11-10(12,13)7-9(14)8-5-3-1-2-4-6-8/h8-9,14H,1-7H2. The first-order valence-electron chi connectivity index (χ1n) is 5.24. The number of hydrogen-bond donors (Lipinski definition) is 1. The van der Waals surface area contributed by atoms with Gasteiger partial charge in [0.25, 0.3) is 0 Å². The molecule has 1 aliphatic carbocycles. The maximum atomic E-state index is 12.0. The van der Waals surface area contributed by atoms with Crippen molar-refractivity contribution in [1.82, 2.24) is 0 Å². The fourth-order valence-electron chi connectivity index (χ4n) is 2.10. The molecular weight excluding hydrogens is 193 g/mol. The van der Waals surface area contributed by atoms with Crippen LogP contribution in [0.3, 0.4) is 0 Å². The third kappa shape index (κ3) is 4.31. The molecule has 0 bridgehead atoms. The second-order valence-corrected chi connectivity index (χ2v) is 4.14. The van der Waals surface area contributed by atoms with Gasteiger partial charge in [0.1, 0.15) is 0 Å². The van der Waals surface area contributed by atoms with Gasteiger partial charge in [0.15, 0.2) is 0 Å². The van der Waals surface area contributed by atoms with E-state index < -0.39 is 18.7 Å². The molecule has 0 heterocycles. The highest BCUT2D eigenvalue weighted by molar-refractivity contribution is 4.74. The molecule has 0 spiro atoms. The molecule has 0 aromatic rings. The molecule has 0 amide bonds. The first-order chi connectivity index (χ1) is 6.49. The van der Waals surface area contributed by atoms with E-state index in [-0.39, 0.29) is 5.92 Å². The molecule has 84 valence electrons. The van der Waals surface area contributed by atoms with Gasteiger partial charge in [-0.1, -0.05) is 25.7 Å². The lowest BCUT2D eigenvalue weighted by Gasteiger charge is -2.22. The van der Waals surface area contributed by atoms with E-state index in [9.17, 15) is 18.3 Å². The average molecular weight is 210 g/mol. The molecule has 1 fully saturated rings. The predicted octanol–water partition coefficient (Wildman–Crippen LogP) is 3.27. The van der Waals surface area contributed by atoms with E-state index >= 15 is 0 Å². The third-order valence-electron chi connectivity index (χ3n) is 2.88.